The summed E-state index contributed by atoms with van der Waals surface area (Å²) in [6.45, 7) is -0.285. The molecule has 0 saturated heterocycles. The maximum absolute atomic E-state index is 11.8. The van der Waals surface area contributed by atoms with Crippen molar-refractivity contribution < 1.29 is 19.1 Å². The van der Waals surface area contributed by atoms with Gasteiger partial charge in [-0.1, -0.05) is 18.2 Å². The summed E-state index contributed by atoms with van der Waals surface area (Å²) in [6, 6.07) is 14.9. The van der Waals surface area contributed by atoms with Crippen LogP contribution in [0.25, 0.3) is 0 Å². The summed E-state index contributed by atoms with van der Waals surface area (Å²) in [5.74, 6) is 0.0204. The van der Waals surface area contributed by atoms with E-state index in [2.05, 4.69) is 27.9 Å². The molecule has 0 fully saturated rings. The Morgan fingerprint density at radius 1 is 1.12 bits per heavy atom. The summed E-state index contributed by atoms with van der Waals surface area (Å²) in [4.78, 5) is 23.5. The minimum atomic E-state index is -0.399. The second kappa shape index (κ2) is 9.27. The molecule has 126 valence electrons. The SMILES string of the molecule is COc1ccc(CCC(=O)OCC(=O)Nc2cccc(I)c2)cc1. The highest BCUT2D eigenvalue weighted by atomic mass is 127. The van der Waals surface area contributed by atoms with Crippen LogP contribution in [0, 0.1) is 3.57 Å². The third-order valence-corrected chi connectivity index (χ3v) is 3.92. The number of halogens is 1. The summed E-state index contributed by atoms with van der Waals surface area (Å²) in [6.07, 6.45) is 0.782. The van der Waals surface area contributed by atoms with Crippen molar-refractivity contribution >= 4 is 40.2 Å². The number of ether oxygens (including phenoxy) is 2. The molecular formula is C18H18INO4. The van der Waals surface area contributed by atoms with Gasteiger partial charge in [0.1, 0.15) is 5.75 Å². The lowest BCUT2D eigenvalue weighted by Gasteiger charge is -2.07. The molecule has 2 rings (SSSR count). The molecule has 0 radical (unpaired) electrons. The summed E-state index contributed by atoms with van der Waals surface area (Å²) in [7, 11) is 1.60. The van der Waals surface area contributed by atoms with Crippen LogP contribution in [0.5, 0.6) is 5.75 Å². The molecule has 0 atom stereocenters. The molecule has 0 aromatic heterocycles. The van der Waals surface area contributed by atoms with Gasteiger partial charge < -0.3 is 14.8 Å². The van der Waals surface area contributed by atoms with Crippen molar-refractivity contribution in [2.45, 2.75) is 12.8 Å². The molecule has 0 aliphatic heterocycles. The lowest BCUT2D eigenvalue weighted by Crippen LogP contribution is -2.21. The van der Waals surface area contributed by atoms with E-state index < -0.39 is 5.97 Å². The third kappa shape index (κ3) is 6.19. The molecule has 1 N–H and O–H groups in total. The number of benzene rings is 2. The van der Waals surface area contributed by atoms with E-state index in [1.165, 1.54) is 0 Å². The van der Waals surface area contributed by atoms with E-state index in [1.54, 1.807) is 13.2 Å². The highest BCUT2D eigenvalue weighted by Gasteiger charge is 2.08. The Bertz CT molecular complexity index is 700. The fourth-order valence-electron chi connectivity index (χ4n) is 2.02. The molecule has 5 nitrogen and oxygen atoms in total. The number of nitrogens with one attached hydrogen (secondary N) is 1. The number of hydrogen-bond acceptors (Lipinski definition) is 4. The molecule has 0 bridgehead atoms. The van der Waals surface area contributed by atoms with Crippen LogP contribution < -0.4 is 10.1 Å². The Labute approximate surface area is 154 Å². The number of rotatable bonds is 7. The first-order valence-electron chi connectivity index (χ1n) is 7.41. The average Bonchev–Trinajstić information content (AvgIpc) is 2.58. The van der Waals surface area contributed by atoms with E-state index >= 15 is 0 Å². The third-order valence-electron chi connectivity index (χ3n) is 3.25. The maximum atomic E-state index is 11.8. The Morgan fingerprint density at radius 3 is 2.54 bits per heavy atom. The second-order valence-corrected chi connectivity index (χ2v) is 6.31. The molecule has 0 aliphatic carbocycles. The molecule has 0 aliphatic rings. The van der Waals surface area contributed by atoms with Crippen molar-refractivity contribution in [3.63, 3.8) is 0 Å². The smallest absolute Gasteiger partial charge is 0.306 e. The van der Waals surface area contributed by atoms with E-state index in [4.69, 9.17) is 9.47 Å². The van der Waals surface area contributed by atoms with Crippen LogP contribution in [0.15, 0.2) is 48.5 Å². The van der Waals surface area contributed by atoms with Crippen LogP contribution in [0.2, 0.25) is 0 Å². The van der Waals surface area contributed by atoms with Crippen molar-refractivity contribution in [3.8, 4) is 5.75 Å². The van der Waals surface area contributed by atoms with E-state index in [-0.39, 0.29) is 18.9 Å². The van der Waals surface area contributed by atoms with Gasteiger partial charge in [0, 0.05) is 15.7 Å². The predicted molar refractivity (Wildman–Crippen MR) is 100 cm³/mol. The fraction of sp³-hybridized carbons (Fsp3) is 0.222. The number of esters is 1. The molecule has 1 amide bonds. The van der Waals surface area contributed by atoms with Gasteiger partial charge in [-0.3, -0.25) is 9.59 Å². The van der Waals surface area contributed by atoms with Gasteiger partial charge in [0.05, 0.1) is 7.11 Å². The van der Waals surface area contributed by atoms with Crippen LogP contribution >= 0.6 is 22.6 Å². The van der Waals surface area contributed by atoms with Crippen molar-refractivity contribution in [2.24, 2.45) is 0 Å². The number of methoxy groups -OCH3 is 1. The topological polar surface area (TPSA) is 64.6 Å². The van der Waals surface area contributed by atoms with Gasteiger partial charge in [0.15, 0.2) is 6.61 Å². The normalized spacial score (nSPS) is 10.1. The van der Waals surface area contributed by atoms with Crippen molar-refractivity contribution in [2.75, 3.05) is 19.0 Å². The average molecular weight is 439 g/mol. The van der Waals surface area contributed by atoms with Crippen molar-refractivity contribution in [1.82, 2.24) is 0 Å². The number of anilines is 1. The van der Waals surface area contributed by atoms with Crippen molar-refractivity contribution in [3.05, 3.63) is 57.7 Å². The zero-order chi connectivity index (χ0) is 17.4. The Hall–Kier alpha value is -2.09. The Balaban J connectivity index is 1.71. The minimum absolute atomic E-state index is 0.225. The molecular weight excluding hydrogens is 421 g/mol. The van der Waals surface area contributed by atoms with Gasteiger partial charge >= 0.3 is 5.97 Å². The van der Waals surface area contributed by atoms with Crippen LogP contribution in [0.4, 0.5) is 5.69 Å². The summed E-state index contributed by atoms with van der Waals surface area (Å²) in [5.41, 5.74) is 1.69. The van der Waals surface area contributed by atoms with E-state index in [0.29, 0.717) is 12.1 Å². The van der Waals surface area contributed by atoms with Crippen LogP contribution in [-0.4, -0.2) is 25.6 Å². The number of carbonyl (C=O) groups is 2. The van der Waals surface area contributed by atoms with Crippen molar-refractivity contribution in [1.29, 1.82) is 0 Å². The first kappa shape index (κ1) is 18.3. The standard InChI is InChI=1S/C18H18INO4/c1-23-16-8-5-13(6-9-16)7-10-18(22)24-12-17(21)20-15-4-2-3-14(19)11-15/h2-6,8-9,11H,7,10,12H2,1H3,(H,20,21). The van der Waals surface area contributed by atoms with E-state index in [0.717, 1.165) is 14.9 Å². The zero-order valence-electron chi connectivity index (χ0n) is 13.3. The summed E-state index contributed by atoms with van der Waals surface area (Å²) in [5, 5.41) is 2.69. The molecule has 0 unspecified atom stereocenters. The number of carbonyl (C=O) groups excluding carboxylic acids is 2. The Kier molecular flexibility index (Phi) is 7.05. The van der Waals surface area contributed by atoms with Crippen LogP contribution in [-0.2, 0) is 20.7 Å². The molecule has 2 aromatic rings. The monoisotopic (exact) mass is 439 g/mol. The second-order valence-electron chi connectivity index (χ2n) is 5.07. The number of amides is 1. The molecule has 0 spiro atoms. The van der Waals surface area contributed by atoms with Crippen LogP contribution in [0.3, 0.4) is 0 Å². The van der Waals surface area contributed by atoms with E-state index in [1.807, 2.05) is 42.5 Å². The largest absolute Gasteiger partial charge is 0.497 e. The Morgan fingerprint density at radius 2 is 1.88 bits per heavy atom. The lowest BCUT2D eigenvalue weighted by atomic mass is 10.1. The first-order valence-corrected chi connectivity index (χ1v) is 8.48. The van der Waals surface area contributed by atoms with E-state index in [9.17, 15) is 9.59 Å². The number of aryl methyl sites for hydroxylation is 1. The highest BCUT2D eigenvalue weighted by Crippen LogP contribution is 2.13. The number of hydrogen-bond donors (Lipinski definition) is 1. The molecule has 6 heteroatoms. The van der Waals surface area contributed by atoms with Gasteiger partial charge in [-0.15, -0.1) is 0 Å². The van der Waals surface area contributed by atoms with Gasteiger partial charge in [-0.25, -0.2) is 0 Å². The quantitative estimate of drug-likeness (QED) is 0.531. The molecule has 2 aromatic carbocycles. The lowest BCUT2D eigenvalue weighted by molar-refractivity contribution is -0.147. The minimum Gasteiger partial charge on any atom is -0.497 e. The van der Waals surface area contributed by atoms with Crippen LogP contribution in [0.1, 0.15) is 12.0 Å². The molecule has 24 heavy (non-hydrogen) atoms. The van der Waals surface area contributed by atoms with Gasteiger partial charge in [-0.2, -0.15) is 0 Å². The van der Waals surface area contributed by atoms with Gasteiger partial charge in [-0.05, 0) is 64.9 Å². The molecule has 0 saturated carbocycles. The first-order chi connectivity index (χ1) is 11.6. The maximum Gasteiger partial charge on any atom is 0.306 e. The highest BCUT2D eigenvalue weighted by molar-refractivity contribution is 14.1. The van der Waals surface area contributed by atoms with Gasteiger partial charge in [0.25, 0.3) is 5.91 Å². The predicted octanol–water partition coefficient (Wildman–Crippen LogP) is 3.41. The van der Waals surface area contributed by atoms with Gasteiger partial charge in [0.2, 0.25) is 0 Å². The fourth-order valence-corrected chi connectivity index (χ4v) is 2.56. The summed E-state index contributed by atoms with van der Waals surface area (Å²) < 4.78 is 11.1. The summed E-state index contributed by atoms with van der Waals surface area (Å²) >= 11 is 2.16. The molecule has 0 heterocycles. The zero-order valence-corrected chi connectivity index (χ0v) is 15.4.